The van der Waals surface area contributed by atoms with E-state index in [1.54, 1.807) is 17.6 Å². The summed E-state index contributed by atoms with van der Waals surface area (Å²) in [6, 6.07) is 17.9. The maximum absolute atomic E-state index is 12.5. The molecule has 0 saturated heterocycles. The van der Waals surface area contributed by atoms with E-state index in [0.717, 1.165) is 17.9 Å². The molecule has 0 aliphatic carbocycles. The maximum atomic E-state index is 12.5. The predicted octanol–water partition coefficient (Wildman–Crippen LogP) is 4.22. The van der Waals surface area contributed by atoms with Crippen molar-refractivity contribution in [2.24, 2.45) is 0 Å². The van der Waals surface area contributed by atoms with Crippen LogP contribution in [0.15, 0.2) is 70.7 Å². The standard InChI is InChI=1S/C20H22N2O2S/c1-16(17-7-3-2-4-8-17)21-20(23)15-22(13-18-9-5-11-24-18)14-19-10-6-12-25-19/h2-12,16H,13-15H2,1H3,(H,21,23). The van der Waals surface area contributed by atoms with Crippen LogP contribution in [-0.4, -0.2) is 17.4 Å². The lowest BCUT2D eigenvalue weighted by atomic mass is 10.1. The summed E-state index contributed by atoms with van der Waals surface area (Å²) < 4.78 is 5.45. The summed E-state index contributed by atoms with van der Waals surface area (Å²) in [5.74, 6) is 0.875. The molecule has 1 aromatic carbocycles. The largest absolute Gasteiger partial charge is 0.468 e. The molecule has 0 fully saturated rings. The summed E-state index contributed by atoms with van der Waals surface area (Å²) in [5, 5.41) is 5.13. The normalized spacial score (nSPS) is 12.2. The number of thiophene rings is 1. The molecule has 5 heteroatoms. The number of benzene rings is 1. The second-order valence-electron chi connectivity index (χ2n) is 6.00. The highest BCUT2D eigenvalue weighted by Crippen LogP contribution is 2.15. The van der Waals surface area contributed by atoms with Crippen molar-refractivity contribution in [1.82, 2.24) is 10.2 Å². The molecule has 3 rings (SSSR count). The Morgan fingerprint density at radius 1 is 1.12 bits per heavy atom. The third kappa shape index (κ3) is 5.31. The van der Waals surface area contributed by atoms with Crippen molar-refractivity contribution in [3.8, 4) is 0 Å². The number of amides is 1. The van der Waals surface area contributed by atoms with Crippen molar-refractivity contribution in [1.29, 1.82) is 0 Å². The van der Waals surface area contributed by atoms with E-state index in [4.69, 9.17) is 4.42 Å². The molecule has 0 aliphatic rings. The third-order valence-electron chi connectivity index (χ3n) is 3.96. The molecule has 1 unspecified atom stereocenters. The number of carbonyl (C=O) groups excluding carboxylic acids is 1. The molecule has 1 atom stereocenters. The zero-order valence-electron chi connectivity index (χ0n) is 14.2. The number of nitrogens with one attached hydrogen (secondary N) is 1. The van der Waals surface area contributed by atoms with Gasteiger partial charge in [0.05, 0.1) is 25.4 Å². The summed E-state index contributed by atoms with van der Waals surface area (Å²) in [4.78, 5) is 15.8. The van der Waals surface area contributed by atoms with E-state index in [1.807, 2.05) is 55.5 Å². The van der Waals surface area contributed by atoms with E-state index in [1.165, 1.54) is 4.88 Å². The van der Waals surface area contributed by atoms with E-state index >= 15 is 0 Å². The summed E-state index contributed by atoms with van der Waals surface area (Å²) in [6.45, 7) is 3.67. The maximum Gasteiger partial charge on any atom is 0.234 e. The van der Waals surface area contributed by atoms with Gasteiger partial charge in [-0.05, 0) is 36.1 Å². The molecule has 0 spiro atoms. The van der Waals surface area contributed by atoms with E-state index in [2.05, 4.69) is 21.7 Å². The van der Waals surface area contributed by atoms with Crippen LogP contribution >= 0.6 is 11.3 Å². The van der Waals surface area contributed by atoms with Crippen molar-refractivity contribution < 1.29 is 9.21 Å². The number of carbonyl (C=O) groups is 1. The minimum absolute atomic E-state index is 0.0131. The van der Waals surface area contributed by atoms with Crippen LogP contribution in [0, 0.1) is 0 Å². The summed E-state index contributed by atoms with van der Waals surface area (Å²) in [6.07, 6.45) is 1.66. The van der Waals surface area contributed by atoms with Crippen molar-refractivity contribution >= 4 is 17.2 Å². The fourth-order valence-corrected chi connectivity index (χ4v) is 3.48. The lowest BCUT2D eigenvalue weighted by molar-refractivity contribution is -0.123. The molecular formula is C20H22N2O2S. The van der Waals surface area contributed by atoms with Crippen LogP contribution < -0.4 is 5.32 Å². The van der Waals surface area contributed by atoms with Gasteiger partial charge in [0.15, 0.2) is 0 Å². The van der Waals surface area contributed by atoms with Gasteiger partial charge in [0, 0.05) is 11.4 Å². The Labute approximate surface area is 152 Å². The van der Waals surface area contributed by atoms with E-state index in [9.17, 15) is 4.79 Å². The molecule has 1 amide bonds. The van der Waals surface area contributed by atoms with Crippen molar-refractivity contribution in [2.75, 3.05) is 6.54 Å². The van der Waals surface area contributed by atoms with Crippen LogP contribution in [0.3, 0.4) is 0 Å². The minimum Gasteiger partial charge on any atom is -0.468 e. The minimum atomic E-state index is -0.0131. The van der Waals surface area contributed by atoms with Crippen LogP contribution in [0.1, 0.15) is 29.2 Å². The lowest BCUT2D eigenvalue weighted by Crippen LogP contribution is -2.37. The summed E-state index contributed by atoms with van der Waals surface area (Å²) in [7, 11) is 0. The van der Waals surface area contributed by atoms with Gasteiger partial charge in [-0.15, -0.1) is 11.3 Å². The van der Waals surface area contributed by atoms with Crippen LogP contribution in [0.4, 0.5) is 0 Å². The zero-order chi connectivity index (χ0) is 17.5. The summed E-state index contributed by atoms with van der Waals surface area (Å²) >= 11 is 1.70. The van der Waals surface area contributed by atoms with Gasteiger partial charge in [-0.2, -0.15) is 0 Å². The van der Waals surface area contributed by atoms with E-state index < -0.39 is 0 Å². The Kier molecular flexibility index (Phi) is 6.04. The highest BCUT2D eigenvalue weighted by Gasteiger charge is 2.16. The lowest BCUT2D eigenvalue weighted by Gasteiger charge is -2.22. The topological polar surface area (TPSA) is 45.5 Å². The van der Waals surface area contributed by atoms with Crippen LogP contribution in [0.5, 0.6) is 0 Å². The smallest absolute Gasteiger partial charge is 0.234 e. The number of hydrogen-bond donors (Lipinski definition) is 1. The van der Waals surface area contributed by atoms with Crippen LogP contribution in [0.25, 0.3) is 0 Å². The second-order valence-corrected chi connectivity index (χ2v) is 7.04. The Morgan fingerprint density at radius 3 is 2.64 bits per heavy atom. The molecule has 0 radical (unpaired) electrons. The highest BCUT2D eigenvalue weighted by atomic mass is 32.1. The molecular weight excluding hydrogens is 332 g/mol. The molecule has 2 aromatic heterocycles. The van der Waals surface area contributed by atoms with Crippen molar-refractivity contribution in [2.45, 2.75) is 26.1 Å². The second kappa shape index (κ2) is 8.65. The fraction of sp³-hybridized carbons (Fsp3) is 0.250. The number of nitrogens with zero attached hydrogens (tertiary/aromatic N) is 1. The zero-order valence-corrected chi connectivity index (χ0v) is 15.0. The summed E-state index contributed by atoms with van der Waals surface area (Å²) in [5.41, 5.74) is 1.10. The van der Waals surface area contributed by atoms with Gasteiger partial charge in [0.1, 0.15) is 5.76 Å². The quantitative estimate of drug-likeness (QED) is 0.659. The SMILES string of the molecule is CC(NC(=O)CN(Cc1ccco1)Cc1cccs1)c1ccccc1. The van der Waals surface area contributed by atoms with Crippen molar-refractivity contribution in [3.63, 3.8) is 0 Å². The number of hydrogen-bond acceptors (Lipinski definition) is 4. The van der Waals surface area contributed by atoms with E-state index in [-0.39, 0.29) is 11.9 Å². The first-order chi connectivity index (χ1) is 12.2. The van der Waals surface area contributed by atoms with Gasteiger partial charge in [-0.3, -0.25) is 9.69 Å². The molecule has 0 saturated carbocycles. The first kappa shape index (κ1) is 17.5. The van der Waals surface area contributed by atoms with Crippen molar-refractivity contribution in [3.05, 3.63) is 82.4 Å². The van der Waals surface area contributed by atoms with Gasteiger partial charge in [-0.25, -0.2) is 0 Å². The van der Waals surface area contributed by atoms with Gasteiger partial charge in [0.25, 0.3) is 0 Å². The Bertz CT molecular complexity index is 718. The monoisotopic (exact) mass is 354 g/mol. The first-order valence-corrected chi connectivity index (χ1v) is 9.20. The van der Waals surface area contributed by atoms with E-state index in [0.29, 0.717) is 13.1 Å². The molecule has 0 aliphatic heterocycles. The Balaban J connectivity index is 1.61. The number of rotatable bonds is 8. The molecule has 25 heavy (non-hydrogen) atoms. The average molecular weight is 354 g/mol. The Morgan fingerprint density at radius 2 is 1.96 bits per heavy atom. The van der Waals surface area contributed by atoms with Gasteiger partial charge < -0.3 is 9.73 Å². The molecule has 4 nitrogen and oxygen atoms in total. The number of furan rings is 1. The van der Waals surface area contributed by atoms with Gasteiger partial charge >= 0.3 is 0 Å². The Hall–Kier alpha value is -2.37. The predicted molar refractivity (Wildman–Crippen MR) is 100 cm³/mol. The fourth-order valence-electron chi connectivity index (χ4n) is 2.73. The molecule has 2 heterocycles. The van der Waals surface area contributed by atoms with Crippen LogP contribution in [0.2, 0.25) is 0 Å². The molecule has 130 valence electrons. The third-order valence-corrected chi connectivity index (χ3v) is 4.82. The molecule has 3 aromatic rings. The first-order valence-electron chi connectivity index (χ1n) is 8.32. The molecule has 1 N–H and O–H groups in total. The van der Waals surface area contributed by atoms with Gasteiger partial charge in [0.2, 0.25) is 5.91 Å². The highest BCUT2D eigenvalue weighted by molar-refractivity contribution is 7.09. The molecule has 0 bridgehead atoms. The van der Waals surface area contributed by atoms with Crippen LogP contribution in [-0.2, 0) is 17.9 Å². The average Bonchev–Trinajstić information content (AvgIpc) is 3.29. The van der Waals surface area contributed by atoms with Gasteiger partial charge in [-0.1, -0.05) is 36.4 Å².